The number of benzene rings is 3. The number of rotatable bonds is 7. The molecule has 0 fully saturated rings. The summed E-state index contributed by atoms with van der Waals surface area (Å²) in [4.78, 5) is 2.28. The lowest BCUT2D eigenvalue weighted by Gasteiger charge is -2.25. The average molecular weight is 365 g/mol. The van der Waals surface area contributed by atoms with Crippen molar-refractivity contribution in [2.24, 2.45) is 0 Å². The second-order valence-corrected chi connectivity index (χ2v) is 7.12. The monoisotopic (exact) mass is 365 g/mol. The molecule has 4 aromatic rings. The van der Waals surface area contributed by atoms with Crippen molar-refractivity contribution >= 4 is 10.8 Å². The van der Waals surface area contributed by atoms with Gasteiger partial charge in [-0.2, -0.15) is 0 Å². The van der Waals surface area contributed by atoms with E-state index in [1.165, 1.54) is 16.5 Å². The van der Waals surface area contributed by atoms with Gasteiger partial charge in [0, 0.05) is 19.6 Å². The smallest absolute Gasteiger partial charge is 0.0917 e. The number of nitrogens with zero attached hydrogens (tertiary/aromatic N) is 1. The van der Waals surface area contributed by atoms with E-state index < -0.39 is 6.10 Å². The SMILES string of the molecule is OC(CN(Cc1cc#ccc1)Cc1ccccc1)c1ccc2ccccc2c1. The molecule has 0 aliphatic rings. The van der Waals surface area contributed by atoms with Crippen LogP contribution in [-0.4, -0.2) is 16.6 Å². The van der Waals surface area contributed by atoms with Crippen LogP contribution in [0.3, 0.4) is 0 Å². The molecule has 2 heteroatoms. The van der Waals surface area contributed by atoms with Gasteiger partial charge in [0.1, 0.15) is 0 Å². The molecule has 0 saturated heterocycles. The highest BCUT2D eigenvalue weighted by molar-refractivity contribution is 5.83. The largest absolute Gasteiger partial charge is 0.387 e. The zero-order valence-corrected chi connectivity index (χ0v) is 15.8. The van der Waals surface area contributed by atoms with Crippen LogP contribution < -0.4 is 0 Å². The van der Waals surface area contributed by atoms with Gasteiger partial charge >= 0.3 is 0 Å². The molecule has 2 nitrogen and oxygen atoms in total. The van der Waals surface area contributed by atoms with Crippen LogP contribution in [0.1, 0.15) is 22.8 Å². The summed E-state index contributed by atoms with van der Waals surface area (Å²) in [5.74, 6) is 0. The van der Waals surface area contributed by atoms with Crippen LogP contribution in [0.4, 0.5) is 0 Å². The number of hydrogen-bond donors (Lipinski definition) is 1. The Morgan fingerprint density at radius 1 is 0.750 bits per heavy atom. The minimum absolute atomic E-state index is 0.549. The maximum Gasteiger partial charge on any atom is 0.0917 e. The fraction of sp³-hybridized carbons (Fsp3) is 0.154. The van der Waals surface area contributed by atoms with Crippen molar-refractivity contribution in [3.05, 3.63) is 120 Å². The average Bonchev–Trinajstić information content (AvgIpc) is 2.75. The quantitative estimate of drug-likeness (QED) is 0.488. The highest BCUT2D eigenvalue weighted by atomic mass is 16.3. The van der Waals surface area contributed by atoms with Crippen molar-refractivity contribution in [1.82, 2.24) is 4.90 Å². The summed E-state index contributed by atoms with van der Waals surface area (Å²) < 4.78 is 0. The first-order valence-corrected chi connectivity index (χ1v) is 9.58. The third-order valence-corrected chi connectivity index (χ3v) is 4.97. The summed E-state index contributed by atoms with van der Waals surface area (Å²) in [6, 6.07) is 36.7. The molecule has 0 aliphatic heterocycles. The van der Waals surface area contributed by atoms with Gasteiger partial charge in [-0.15, -0.1) is 0 Å². The zero-order chi connectivity index (χ0) is 19.2. The summed E-state index contributed by atoms with van der Waals surface area (Å²) in [5, 5.41) is 13.3. The fourth-order valence-corrected chi connectivity index (χ4v) is 3.53. The second-order valence-electron chi connectivity index (χ2n) is 7.12. The van der Waals surface area contributed by atoms with E-state index in [0.29, 0.717) is 6.54 Å². The van der Waals surface area contributed by atoms with Gasteiger partial charge < -0.3 is 5.11 Å². The lowest BCUT2D eigenvalue weighted by molar-refractivity contribution is 0.105. The molecule has 1 N–H and O–H groups in total. The molecule has 1 atom stereocenters. The van der Waals surface area contributed by atoms with Gasteiger partial charge in [-0.05, 0) is 51.7 Å². The maximum absolute atomic E-state index is 11.0. The molecule has 1 unspecified atom stereocenters. The summed E-state index contributed by atoms with van der Waals surface area (Å²) >= 11 is 0. The predicted octanol–water partition coefficient (Wildman–Crippen LogP) is 5.18. The van der Waals surface area contributed by atoms with Crippen molar-refractivity contribution in [1.29, 1.82) is 0 Å². The van der Waals surface area contributed by atoms with Crippen LogP contribution in [0, 0.1) is 12.1 Å². The third kappa shape index (κ3) is 4.58. The zero-order valence-electron chi connectivity index (χ0n) is 15.8. The van der Waals surface area contributed by atoms with E-state index in [4.69, 9.17) is 0 Å². The molecule has 0 heterocycles. The maximum atomic E-state index is 11.0. The molecular weight excluding hydrogens is 342 g/mol. The Morgan fingerprint density at radius 3 is 2.29 bits per heavy atom. The summed E-state index contributed by atoms with van der Waals surface area (Å²) in [6.07, 6.45) is -0.549. The van der Waals surface area contributed by atoms with Crippen molar-refractivity contribution in [3.63, 3.8) is 0 Å². The Hall–Kier alpha value is -3.12. The molecule has 0 aromatic heterocycles. The van der Waals surface area contributed by atoms with Crippen molar-refractivity contribution in [3.8, 4) is 0 Å². The van der Waals surface area contributed by atoms with Gasteiger partial charge in [0.05, 0.1) is 6.10 Å². The topological polar surface area (TPSA) is 23.5 Å². The highest BCUT2D eigenvalue weighted by Gasteiger charge is 2.15. The van der Waals surface area contributed by atoms with E-state index in [9.17, 15) is 5.11 Å². The normalized spacial score (nSPS) is 12.1. The molecule has 0 bridgehead atoms. The third-order valence-electron chi connectivity index (χ3n) is 4.97. The van der Waals surface area contributed by atoms with Gasteiger partial charge in [-0.3, -0.25) is 4.90 Å². The Labute approximate surface area is 166 Å². The van der Waals surface area contributed by atoms with Crippen LogP contribution in [-0.2, 0) is 13.1 Å². The lowest BCUT2D eigenvalue weighted by Crippen LogP contribution is -2.28. The van der Waals surface area contributed by atoms with E-state index >= 15 is 0 Å². The molecule has 28 heavy (non-hydrogen) atoms. The van der Waals surface area contributed by atoms with Gasteiger partial charge in [-0.1, -0.05) is 78.9 Å². The van der Waals surface area contributed by atoms with Gasteiger partial charge in [0.15, 0.2) is 0 Å². The summed E-state index contributed by atoms with van der Waals surface area (Å²) in [6.45, 7) is 2.10. The minimum atomic E-state index is -0.549. The Morgan fingerprint density at radius 2 is 1.50 bits per heavy atom. The molecule has 4 aromatic carbocycles. The number of hydrogen-bond acceptors (Lipinski definition) is 2. The van der Waals surface area contributed by atoms with Crippen LogP contribution in [0.5, 0.6) is 0 Å². The van der Waals surface area contributed by atoms with Gasteiger partial charge in [-0.25, -0.2) is 0 Å². The van der Waals surface area contributed by atoms with E-state index in [0.717, 1.165) is 24.0 Å². The first-order chi connectivity index (χ1) is 13.8. The number of aliphatic hydroxyl groups excluding tert-OH is 1. The van der Waals surface area contributed by atoms with Crippen LogP contribution >= 0.6 is 0 Å². The van der Waals surface area contributed by atoms with Crippen molar-refractivity contribution in [2.75, 3.05) is 6.54 Å². The standard InChI is InChI=1S/C26H23NO/c28-26(25-16-15-23-13-7-8-14-24(23)17-25)20-27(18-21-9-3-1-4-10-21)19-22-11-5-2-6-12-22/h1,3-5,7-17,26,28H,18-20H2. The molecule has 0 radical (unpaired) electrons. The molecule has 138 valence electrons. The molecule has 0 saturated carbocycles. The Bertz CT molecular complexity index is 972. The number of aliphatic hydroxyl groups is 1. The summed E-state index contributed by atoms with van der Waals surface area (Å²) in [7, 11) is 0. The molecular formula is C26H23NO. The molecule has 0 spiro atoms. The summed E-state index contributed by atoms with van der Waals surface area (Å²) in [5.41, 5.74) is 3.35. The predicted molar refractivity (Wildman–Crippen MR) is 114 cm³/mol. The molecule has 4 rings (SSSR count). The van der Waals surface area contributed by atoms with Crippen molar-refractivity contribution < 1.29 is 5.11 Å². The van der Waals surface area contributed by atoms with Gasteiger partial charge in [0.2, 0.25) is 0 Å². The van der Waals surface area contributed by atoms with Gasteiger partial charge in [0.25, 0.3) is 0 Å². The highest BCUT2D eigenvalue weighted by Crippen LogP contribution is 2.22. The minimum Gasteiger partial charge on any atom is -0.387 e. The van der Waals surface area contributed by atoms with E-state index in [2.05, 4.69) is 71.6 Å². The Kier molecular flexibility index (Phi) is 5.68. The van der Waals surface area contributed by atoms with Crippen LogP contribution in [0.25, 0.3) is 10.8 Å². The molecule has 0 amide bonds. The lowest BCUT2D eigenvalue weighted by atomic mass is 10.0. The van der Waals surface area contributed by atoms with E-state index in [1.807, 2.05) is 36.4 Å². The Balaban J connectivity index is 1.54. The first kappa shape index (κ1) is 18.3. The fourth-order valence-electron chi connectivity index (χ4n) is 3.53. The van der Waals surface area contributed by atoms with E-state index in [-0.39, 0.29) is 0 Å². The van der Waals surface area contributed by atoms with E-state index in [1.54, 1.807) is 0 Å². The van der Waals surface area contributed by atoms with Crippen LogP contribution in [0.15, 0.2) is 91.0 Å². The van der Waals surface area contributed by atoms with Crippen molar-refractivity contribution in [2.45, 2.75) is 19.2 Å². The van der Waals surface area contributed by atoms with Crippen LogP contribution in [0.2, 0.25) is 0 Å². The number of fused-ring (bicyclic) bond motifs is 1. The molecule has 0 aliphatic carbocycles. The second kappa shape index (κ2) is 8.71. The first-order valence-electron chi connectivity index (χ1n) is 9.58.